The highest BCUT2D eigenvalue weighted by atomic mass is 35.5. The molecule has 0 saturated carbocycles. The SMILES string of the molecule is NC(=O)c1ccccc1OCC(=O)Nc1cc(S(=O)(=O)N2CCOCC2)ccc1Cl. The van der Waals surface area contributed by atoms with Crippen molar-refractivity contribution >= 4 is 39.1 Å². The smallest absolute Gasteiger partial charge is 0.262 e. The molecule has 1 fully saturated rings. The maximum absolute atomic E-state index is 12.8. The number of carbonyl (C=O) groups is 2. The van der Waals surface area contributed by atoms with Crippen LogP contribution in [0.3, 0.4) is 0 Å². The second kappa shape index (κ2) is 9.43. The number of ether oxygens (including phenoxy) is 2. The number of nitrogens with zero attached hydrogens (tertiary/aromatic N) is 1. The molecule has 0 radical (unpaired) electrons. The quantitative estimate of drug-likeness (QED) is 0.653. The van der Waals surface area contributed by atoms with Crippen molar-refractivity contribution < 1.29 is 27.5 Å². The van der Waals surface area contributed by atoms with Crippen molar-refractivity contribution in [2.75, 3.05) is 38.2 Å². The summed E-state index contributed by atoms with van der Waals surface area (Å²) in [7, 11) is -3.75. The normalized spacial score (nSPS) is 14.8. The van der Waals surface area contributed by atoms with Gasteiger partial charge in [0.1, 0.15) is 5.75 Å². The number of para-hydroxylation sites is 1. The van der Waals surface area contributed by atoms with E-state index in [1.807, 2.05) is 0 Å². The fraction of sp³-hybridized carbons (Fsp3) is 0.263. The van der Waals surface area contributed by atoms with Crippen molar-refractivity contribution in [1.29, 1.82) is 0 Å². The molecule has 11 heteroatoms. The fourth-order valence-electron chi connectivity index (χ4n) is 2.82. The average molecular weight is 454 g/mol. The first kappa shape index (κ1) is 22.0. The summed E-state index contributed by atoms with van der Waals surface area (Å²) >= 11 is 6.11. The maximum atomic E-state index is 12.8. The molecule has 9 nitrogen and oxygen atoms in total. The minimum atomic E-state index is -3.75. The van der Waals surface area contributed by atoms with Gasteiger partial charge in [-0.05, 0) is 30.3 Å². The third kappa shape index (κ3) is 5.08. The summed E-state index contributed by atoms with van der Waals surface area (Å²) in [6.07, 6.45) is 0. The Morgan fingerprint density at radius 2 is 1.87 bits per heavy atom. The van der Waals surface area contributed by atoms with Crippen LogP contribution in [-0.2, 0) is 19.6 Å². The van der Waals surface area contributed by atoms with Crippen molar-refractivity contribution in [3.05, 3.63) is 53.1 Å². The number of benzene rings is 2. The van der Waals surface area contributed by atoms with E-state index in [1.165, 1.54) is 34.6 Å². The number of halogens is 1. The van der Waals surface area contributed by atoms with Crippen LogP contribution in [0.25, 0.3) is 0 Å². The van der Waals surface area contributed by atoms with Gasteiger partial charge >= 0.3 is 0 Å². The number of nitrogens with one attached hydrogen (secondary N) is 1. The van der Waals surface area contributed by atoms with E-state index in [9.17, 15) is 18.0 Å². The van der Waals surface area contributed by atoms with Crippen molar-refractivity contribution in [2.24, 2.45) is 5.73 Å². The zero-order chi connectivity index (χ0) is 21.7. The molecule has 2 aromatic carbocycles. The summed E-state index contributed by atoms with van der Waals surface area (Å²) in [5, 5.41) is 2.69. The van der Waals surface area contributed by atoms with E-state index < -0.39 is 28.4 Å². The third-order valence-electron chi connectivity index (χ3n) is 4.33. The second-order valence-electron chi connectivity index (χ2n) is 6.36. The van der Waals surface area contributed by atoms with Gasteiger partial charge in [-0.25, -0.2) is 8.42 Å². The first-order valence-electron chi connectivity index (χ1n) is 8.98. The molecular formula is C19H20ClN3O6S. The molecule has 2 amide bonds. The number of hydrogen-bond donors (Lipinski definition) is 2. The van der Waals surface area contributed by atoms with Crippen LogP contribution >= 0.6 is 11.6 Å². The van der Waals surface area contributed by atoms with Gasteiger partial charge < -0.3 is 20.5 Å². The molecule has 2 aromatic rings. The predicted octanol–water partition coefficient (Wildman–Crippen LogP) is 1.48. The number of sulfonamides is 1. The lowest BCUT2D eigenvalue weighted by Crippen LogP contribution is -2.40. The van der Waals surface area contributed by atoms with Gasteiger partial charge in [0, 0.05) is 13.1 Å². The minimum absolute atomic E-state index is 0.00379. The summed E-state index contributed by atoms with van der Waals surface area (Å²) in [6.45, 7) is 0.710. The third-order valence-corrected chi connectivity index (χ3v) is 6.56. The molecule has 0 spiro atoms. The van der Waals surface area contributed by atoms with Gasteiger partial charge in [-0.3, -0.25) is 9.59 Å². The molecule has 3 N–H and O–H groups in total. The fourth-order valence-corrected chi connectivity index (χ4v) is 4.42. The molecule has 0 aromatic heterocycles. The molecular weight excluding hydrogens is 434 g/mol. The highest BCUT2D eigenvalue weighted by Gasteiger charge is 2.27. The number of morpholine rings is 1. The highest BCUT2D eigenvalue weighted by molar-refractivity contribution is 7.89. The number of hydrogen-bond acceptors (Lipinski definition) is 6. The van der Waals surface area contributed by atoms with Gasteiger partial charge in [0.15, 0.2) is 6.61 Å². The largest absolute Gasteiger partial charge is 0.483 e. The Labute approximate surface area is 178 Å². The van der Waals surface area contributed by atoms with Gasteiger partial charge in [0.2, 0.25) is 10.0 Å². The molecule has 1 aliphatic heterocycles. The van der Waals surface area contributed by atoms with Crippen molar-refractivity contribution in [2.45, 2.75) is 4.90 Å². The summed E-state index contributed by atoms with van der Waals surface area (Å²) in [6, 6.07) is 10.3. The number of amides is 2. The number of nitrogens with two attached hydrogens (primary N) is 1. The van der Waals surface area contributed by atoms with E-state index in [1.54, 1.807) is 12.1 Å². The van der Waals surface area contributed by atoms with Gasteiger partial charge in [-0.2, -0.15) is 4.31 Å². The Morgan fingerprint density at radius 3 is 2.57 bits per heavy atom. The lowest BCUT2D eigenvalue weighted by Gasteiger charge is -2.26. The van der Waals surface area contributed by atoms with E-state index in [2.05, 4.69) is 5.32 Å². The monoisotopic (exact) mass is 453 g/mol. The Hall–Kier alpha value is -2.66. The molecule has 3 rings (SSSR count). The molecule has 1 heterocycles. The first-order valence-corrected chi connectivity index (χ1v) is 10.8. The van der Waals surface area contributed by atoms with Gasteiger partial charge in [-0.1, -0.05) is 23.7 Å². The van der Waals surface area contributed by atoms with Crippen LogP contribution in [0.1, 0.15) is 10.4 Å². The topological polar surface area (TPSA) is 128 Å². The van der Waals surface area contributed by atoms with Crippen molar-refractivity contribution in [3.8, 4) is 5.75 Å². The lowest BCUT2D eigenvalue weighted by molar-refractivity contribution is -0.118. The van der Waals surface area contributed by atoms with E-state index >= 15 is 0 Å². The molecule has 0 unspecified atom stereocenters. The Balaban J connectivity index is 1.71. The van der Waals surface area contributed by atoms with E-state index in [4.69, 9.17) is 26.8 Å². The summed E-state index contributed by atoms with van der Waals surface area (Å²) in [5.41, 5.74) is 5.55. The van der Waals surface area contributed by atoms with Gasteiger partial charge in [0.05, 0.1) is 34.4 Å². The Bertz CT molecular complexity index is 1050. The average Bonchev–Trinajstić information content (AvgIpc) is 2.74. The molecule has 1 aliphatic rings. The molecule has 160 valence electrons. The van der Waals surface area contributed by atoms with E-state index in [0.717, 1.165) is 0 Å². The van der Waals surface area contributed by atoms with Crippen molar-refractivity contribution in [1.82, 2.24) is 4.31 Å². The van der Waals surface area contributed by atoms with Crippen LogP contribution in [0.15, 0.2) is 47.4 Å². The second-order valence-corrected chi connectivity index (χ2v) is 8.70. The van der Waals surface area contributed by atoms with E-state index in [0.29, 0.717) is 13.2 Å². The highest BCUT2D eigenvalue weighted by Crippen LogP contribution is 2.27. The Kier molecular flexibility index (Phi) is 6.93. The molecule has 0 atom stereocenters. The minimum Gasteiger partial charge on any atom is -0.483 e. The number of carbonyl (C=O) groups excluding carboxylic acids is 2. The van der Waals surface area contributed by atoms with Crippen LogP contribution in [0.2, 0.25) is 5.02 Å². The zero-order valence-corrected chi connectivity index (χ0v) is 17.4. The van der Waals surface area contributed by atoms with Gasteiger partial charge in [-0.15, -0.1) is 0 Å². The molecule has 0 aliphatic carbocycles. The van der Waals surface area contributed by atoms with Crippen molar-refractivity contribution in [3.63, 3.8) is 0 Å². The maximum Gasteiger partial charge on any atom is 0.262 e. The number of rotatable bonds is 7. The van der Waals surface area contributed by atoms with Gasteiger partial charge in [0.25, 0.3) is 11.8 Å². The van der Waals surface area contributed by atoms with Crippen LogP contribution in [0.4, 0.5) is 5.69 Å². The first-order chi connectivity index (χ1) is 14.3. The van der Waals surface area contributed by atoms with Crippen LogP contribution in [-0.4, -0.2) is 57.4 Å². The predicted molar refractivity (Wildman–Crippen MR) is 110 cm³/mol. The van der Waals surface area contributed by atoms with Crippen LogP contribution in [0.5, 0.6) is 5.75 Å². The summed E-state index contributed by atoms with van der Waals surface area (Å²) in [4.78, 5) is 23.7. The number of primary amides is 1. The summed E-state index contributed by atoms with van der Waals surface area (Å²) < 4.78 is 37.5. The standard InChI is InChI=1S/C19H20ClN3O6S/c20-15-6-5-13(30(26,27)23-7-9-28-10-8-23)11-16(15)22-18(24)12-29-17-4-2-1-3-14(17)19(21)25/h1-6,11H,7-10,12H2,(H2,21,25)(H,22,24). The number of anilines is 1. The molecule has 30 heavy (non-hydrogen) atoms. The Morgan fingerprint density at radius 1 is 1.17 bits per heavy atom. The van der Waals surface area contributed by atoms with Crippen LogP contribution < -0.4 is 15.8 Å². The van der Waals surface area contributed by atoms with Crippen LogP contribution in [0, 0.1) is 0 Å². The van der Waals surface area contributed by atoms with E-state index in [-0.39, 0.29) is 40.0 Å². The lowest BCUT2D eigenvalue weighted by atomic mass is 10.2. The zero-order valence-electron chi connectivity index (χ0n) is 15.8. The molecule has 0 bridgehead atoms. The summed E-state index contributed by atoms with van der Waals surface area (Å²) in [5.74, 6) is -1.11. The molecule has 1 saturated heterocycles.